The second kappa shape index (κ2) is 7.77. The minimum atomic E-state index is 0.610. The van der Waals surface area contributed by atoms with Crippen LogP contribution < -0.4 is 5.73 Å². The number of hydrogen-bond acceptors (Lipinski definition) is 3. The highest BCUT2D eigenvalue weighted by molar-refractivity contribution is 5.22. The van der Waals surface area contributed by atoms with E-state index in [0.717, 1.165) is 19.6 Å². The van der Waals surface area contributed by atoms with Crippen molar-refractivity contribution >= 4 is 0 Å². The molecule has 1 unspecified atom stereocenters. The van der Waals surface area contributed by atoms with Crippen molar-refractivity contribution in [1.82, 2.24) is 9.80 Å². The average molecular weight is 275 g/mol. The Morgan fingerprint density at radius 2 is 1.90 bits per heavy atom. The van der Waals surface area contributed by atoms with E-state index in [-0.39, 0.29) is 0 Å². The zero-order valence-corrected chi connectivity index (χ0v) is 13.0. The number of aryl methyl sites for hydroxylation is 1. The van der Waals surface area contributed by atoms with Crippen LogP contribution in [0.1, 0.15) is 24.5 Å². The third kappa shape index (κ3) is 4.89. The molecule has 1 aromatic carbocycles. The molecule has 20 heavy (non-hydrogen) atoms. The van der Waals surface area contributed by atoms with E-state index in [1.54, 1.807) is 0 Å². The molecule has 3 nitrogen and oxygen atoms in total. The van der Waals surface area contributed by atoms with Gasteiger partial charge in [-0.3, -0.25) is 4.90 Å². The molecule has 1 atom stereocenters. The topological polar surface area (TPSA) is 32.5 Å². The van der Waals surface area contributed by atoms with Gasteiger partial charge in [-0.25, -0.2) is 0 Å². The molecule has 0 aliphatic carbocycles. The second-order valence-electron chi connectivity index (χ2n) is 6.26. The number of hydrogen-bond donors (Lipinski definition) is 1. The molecule has 1 heterocycles. The van der Waals surface area contributed by atoms with Crippen LogP contribution in [0.2, 0.25) is 0 Å². The first-order valence-electron chi connectivity index (χ1n) is 7.87. The Balaban J connectivity index is 1.83. The summed E-state index contributed by atoms with van der Waals surface area (Å²) in [7, 11) is 0. The first-order chi connectivity index (χ1) is 9.67. The molecule has 0 bridgehead atoms. The fourth-order valence-electron chi connectivity index (χ4n) is 2.95. The van der Waals surface area contributed by atoms with Gasteiger partial charge in [0.25, 0.3) is 0 Å². The smallest absolute Gasteiger partial charge is 0.0234 e. The Kier molecular flexibility index (Phi) is 6.02. The van der Waals surface area contributed by atoms with E-state index in [9.17, 15) is 0 Å². The molecule has 0 amide bonds. The van der Waals surface area contributed by atoms with E-state index in [0.29, 0.717) is 5.92 Å². The number of nitrogens with zero attached hydrogens (tertiary/aromatic N) is 2. The van der Waals surface area contributed by atoms with Crippen LogP contribution in [0.15, 0.2) is 24.3 Å². The van der Waals surface area contributed by atoms with Crippen LogP contribution in [0.4, 0.5) is 0 Å². The highest BCUT2D eigenvalue weighted by atomic mass is 15.2. The van der Waals surface area contributed by atoms with Crippen LogP contribution in [0.5, 0.6) is 0 Å². The largest absolute Gasteiger partial charge is 0.330 e. The normalized spacial score (nSPS) is 19.8. The van der Waals surface area contributed by atoms with Gasteiger partial charge in [0.15, 0.2) is 0 Å². The van der Waals surface area contributed by atoms with Crippen LogP contribution in [0.25, 0.3) is 0 Å². The highest BCUT2D eigenvalue weighted by Crippen LogP contribution is 2.11. The Hall–Kier alpha value is -0.900. The van der Waals surface area contributed by atoms with Crippen LogP contribution >= 0.6 is 0 Å². The summed E-state index contributed by atoms with van der Waals surface area (Å²) >= 11 is 0. The van der Waals surface area contributed by atoms with Gasteiger partial charge in [0.05, 0.1) is 0 Å². The lowest BCUT2D eigenvalue weighted by molar-refractivity contribution is 0.232. The maximum absolute atomic E-state index is 5.73. The van der Waals surface area contributed by atoms with Crippen molar-refractivity contribution in [2.45, 2.75) is 26.8 Å². The van der Waals surface area contributed by atoms with E-state index in [1.165, 1.54) is 43.7 Å². The Morgan fingerprint density at radius 3 is 2.65 bits per heavy atom. The third-order valence-corrected chi connectivity index (χ3v) is 4.14. The number of rotatable bonds is 5. The summed E-state index contributed by atoms with van der Waals surface area (Å²) in [5.74, 6) is 0.610. The van der Waals surface area contributed by atoms with E-state index >= 15 is 0 Å². The van der Waals surface area contributed by atoms with E-state index in [4.69, 9.17) is 5.73 Å². The molecule has 1 saturated heterocycles. The summed E-state index contributed by atoms with van der Waals surface area (Å²) in [6.45, 7) is 12.2. The Morgan fingerprint density at radius 1 is 1.15 bits per heavy atom. The van der Waals surface area contributed by atoms with Crippen LogP contribution in [0, 0.1) is 12.8 Å². The lowest BCUT2D eigenvalue weighted by Gasteiger charge is -2.24. The predicted octanol–water partition coefficient (Wildman–Crippen LogP) is 2.10. The molecular weight excluding hydrogens is 246 g/mol. The third-order valence-electron chi connectivity index (χ3n) is 4.14. The van der Waals surface area contributed by atoms with Gasteiger partial charge in [0.2, 0.25) is 0 Å². The molecule has 0 radical (unpaired) electrons. The maximum atomic E-state index is 5.73. The van der Waals surface area contributed by atoms with E-state index < -0.39 is 0 Å². The molecule has 0 saturated carbocycles. The lowest BCUT2D eigenvalue weighted by atomic mass is 10.1. The first kappa shape index (κ1) is 15.5. The summed E-state index contributed by atoms with van der Waals surface area (Å²) in [4.78, 5) is 5.16. The molecular formula is C17H29N3. The van der Waals surface area contributed by atoms with Crippen molar-refractivity contribution in [3.63, 3.8) is 0 Å². The summed E-state index contributed by atoms with van der Waals surface area (Å²) in [6, 6.07) is 8.88. The molecule has 1 aliphatic rings. The van der Waals surface area contributed by atoms with E-state index in [1.807, 2.05) is 0 Å². The van der Waals surface area contributed by atoms with Crippen molar-refractivity contribution in [1.29, 1.82) is 0 Å². The van der Waals surface area contributed by atoms with Crippen molar-refractivity contribution in [2.24, 2.45) is 11.7 Å². The van der Waals surface area contributed by atoms with Crippen LogP contribution in [-0.2, 0) is 6.54 Å². The quantitative estimate of drug-likeness (QED) is 0.893. The molecule has 2 rings (SSSR count). The van der Waals surface area contributed by atoms with Crippen molar-refractivity contribution in [2.75, 3.05) is 39.3 Å². The number of benzene rings is 1. The standard InChI is InChI=1S/C17H29N3/c1-15-5-3-6-17(11-15)14-20-8-4-7-19(9-10-20)13-16(2)12-18/h3,5-6,11,16H,4,7-10,12-14,18H2,1-2H3. The lowest BCUT2D eigenvalue weighted by Crippen LogP contribution is -2.35. The Labute approximate surface area is 123 Å². The minimum Gasteiger partial charge on any atom is -0.330 e. The average Bonchev–Trinajstić information content (AvgIpc) is 2.64. The summed E-state index contributed by atoms with van der Waals surface area (Å²) < 4.78 is 0. The molecule has 1 aromatic rings. The summed E-state index contributed by atoms with van der Waals surface area (Å²) in [6.07, 6.45) is 1.27. The van der Waals surface area contributed by atoms with E-state index in [2.05, 4.69) is 47.9 Å². The fraction of sp³-hybridized carbons (Fsp3) is 0.647. The zero-order valence-electron chi connectivity index (χ0n) is 13.0. The first-order valence-corrected chi connectivity index (χ1v) is 7.87. The van der Waals surface area contributed by atoms with Gasteiger partial charge in [-0.05, 0) is 44.5 Å². The molecule has 1 fully saturated rings. The molecule has 112 valence electrons. The number of nitrogens with two attached hydrogens (primary N) is 1. The molecule has 3 heteroatoms. The molecule has 2 N–H and O–H groups in total. The predicted molar refractivity (Wildman–Crippen MR) is 85.7 cm³/mol. The van der Waals surface area contributed by atoms with Crippen molar-refractivity contribution in [3.8, 4) is 0 Å². The van der Waals surface area contributed by atoms with Gasteiger partial charge < -0.3 is 10.6 Å². The second-order valence-corrected chi connectivity index (χ2v) is 6.26. The van der Waals surface area contributed by atoms with Gasteiger partial charge in [0, 0.05) is 26.2 Å². The Bertz CT molecular complexity index is 405. The highest BCUT2D eigenvalue weighted by Gasteiger charge is 2.16. The van der Waals surface area contributed by atoms with Gasteiger partial charge in [0.1, 0.15) is 0 Å². The molecule has 0 aromatic heterocycles. The van der Waals surface area contributed by atoms with Gasteiger partial charge in [-0.2, -0.15) is 0 Å². The molecule has 1 aliphatic heterocycles. The summed E-state index contributed by atoms with van der Waals surface area (Å²) in [5, 5.41) is 0. The van der Waals surface area contributed by atoms with Crippen molar-refractivity contribution < 1.29 is 0 Å². The fourth-order valence-corrected chi connectivity index (χ4v) is 2.95. The maximum Gasteiger partial charge on any atom is 0.0234 e. The SMILES string of the molecule is Cc1cccc(CN2CCCN(CC(C)CN)CC2)c1. The van der Waals surface area contributed by atoms with Crippen LogP contribution in [-0.4, -0.2) is 49.1 Å². The zero-order chi connectivity index (χ0) is 14.4. The summed E-state index contributed by atoms with van der Waals surface area (Å²) in [5.41, 5.74) is 8.53. The van der Waals surface area contributed by atoms with Gasteiger partial charge in [-0.1, -0.05) is 36.8 Å². The minimum absolute atomic E-state index is 0.610. The van der Waals surface area contributed by atoms with Crippen LogP contribution in [0.3, 0.4) is 0 Å². The van der Waals surface area contributed by atoms with Gasteiger partial charge in [-0.15, -0.1) is 0 Å². The monoisotopic (exact) mass is 275 g/mol. The van der Waals surface area contributed by atoms with Crippen molar-refractivity contribution in [3.05, 3.63) is 35.4 Å². The van der Waals surface area contributed by atoms with Gasteiger partial charge >= 0.3 is 0 Å². The molecule has 0 spiro atoms.